The molecule has 0 aliphatic rings. The Morgan fingerprint density at radius 2 is 1.64 bits per heavy atom. The summed E-state index contributed by atoms with van der Waals surface area (Å²) in [4.78, 5) is 4.53. The first-order valence-corrected chi connectivity index (χ1v) is 7.05. The molecule has 4 heteroatoms. The van der Waals surface area contributed by atoms with Crippen molar-refractivity contribution in [2.24, 2.45) is 0 Å². The minimum absolute atomic E-state index is 0.710. The summed E-state index contributed by atoms with van der Waals surface area (Å²) in [6, 6.07) is 13.8. The maximum absolute atomic E-state index is 5.73. The van der Waals surface area contributed by atoms with Crippen LogP contribution in [0.2, 0.25) is 0 Å². The Labute approximate surface area is 129 Å². The second kappa shape index (κ2) is 5.93. The predicted molar refractivity (Wildman–Crippen MR) is 88.5 cm³/mol. The number of fused-ring (bicyclic) bond motifs is 1. The number of nitrogens with zero attached hydrogens (tertiary/aromatic N) is 1. The van der Waals surface area contributed by atoms with E-state index in [-0.39, 0.29) is 0 Å². The van der Waals surface area contributed by atoms with Crippen LogP contribution in [0.25, 0.3) is 10.8 Å². The summed E-state index contributed by atoms with van der Waals surface area (Å²) >= 11 is 0. The van der Waals surface area contributed by atoms with Crippen LogP contribution in [-0.2, 0) is 6.42 Å². The summed E-state index contributed by atoms with van der Waals surface area (Å²) in [6.07, 6.45) is 2.56. The number of hydrogen-bond acceptors (Lipinski definition) is 4. The SMILES string of the molecule is COc1cc2ccnc(Cc3ccc(N)cc3)c2cc1OC. The van der Waals surface area contributed by atoms with Crippen molar-refractivity contribution in [3.8, 4) is 11.5 Å². The van der Waals surface area contributed by atoms with Crippen molar-refractivity contribution in [1.82, 2.24) is 4.98 Å². The number of aromatic nitrogens is 1. The van der Waals surface area contributed by atoms with Crippen molar-refractivity contribution in [2.75, 3.05) is 20.0 Å². The van der Waals surface area contributed by atoms with Gasteiger partial charge in [0.05, 0.1) is 19.9 Å². The molecule has 112 valence electrons. The first kappa shape index (κ1) is 14.2. The number of nitrogens with two attached hydrogens (primary N) is 1. The number of anilines is 1. The van der Waals surface area contributed by atoms with Gasteiger partial charge in [0.1, 0.15) is 0 Å². The standard InChI is InChI=1S/C18H18N2O2/c1-21-17-10-13-7-8-20-16(15(13)11-18(17)22-2)9-12-3-5-14(19)6-4-12/h3-8,10-11H,9,19H2,1-2H3. The fourth-order valence-electron chi connectivity index (χ4n) is 2.53. The molecule has 1 heterocycles. The fraction of sp³-hybridized carbons (Fsp3) is 0.167. The van der Waals surface area contributed by atoms with Crippen LogP contribution in [0.1, 0.15) is 11.3 Å². The molecule has 22 heavy (non-hydrogen) atoms. The average molecular weight is 294 g/mol. The van der Waals surface area contributed by atoms with E-state index in [0.717, 1.165) is 34.3 Å². The van der Waals surface area contributed by atoms with E-state index in [1.165, 1.54) is 5.56 Å². The summed E-state index contributed by atoms with van der Waals surface area (Å²) in [5, 5.41) is 2.15. The molecule has 0 amide bonds. The van der Waals surface area contributed by atoms with Gasteiger partial charge in [0.25, 0.3) is 0 Å². The van der Waals surface area contributed by atoms with Crippen LogP contribution >= 0.6 is 0 Å². The number of nitrogen functional groups attached to an aromatic ring is 1. The Bertz CT molecular complexity index is 798. The zero-order valence-corrected chi connectivity index (χ0v) is 12.7. The third-order valence-corrected chi connectivity index (χ3v) is 3.70. The second-order valence-corrected chi connectivity index (χ2v) is 5.10. The first-order valence-electron chi connectivity index (χ1n) is 7.05. The topological polar surface area (TPSA) is 57.4 Å². The normalized spacial score (nSPS) is 10.6. The smallest absolute Gasteiger partial charge is 0.161 e. The zero-order chi connectivity index (χ0) is 15.5. The maximum atomic E-state index is 5.73. The van der Waals surface area contributed by atoms with E-state index in [0.29, 0.717) is 5.75 Å². The van der Waals surface area contributed by atoms with Crippen molar-refractivity contribution in [3.63, 3.8) is 0 Å². The van der Waals surface area contributed by atoms with E-state index in [2.05, 4.69) is 4.98 Å². The van der Waals surface area contributed by atoms with Crippen LogP contribution in [0.3, 0.4) is 0 Å². The van der Waals surface area contributed by atoms with Crippen LogP contribution < -0.4 is 15.2 Å². The summed E-state index contributed by atoms with van der Waals surface area (Å²) in [5.41, 5.74) is 8.67. The third kappa shape index (κ3) is 2.68. The predicted octanol–water partition coefficient (Wildman–Crippen LogP) is 3.43. The van der Waals surface area contributed by atoms with E-state index in [1.54, 1.807) is 14.2 Å². The van der Waals surface area contributed by atoms with Crippen molar-refractivity contribution in [2.45, 2.75) is 6.42 Å². The second-order valence-electron chi connectivity index (χ2n) is 5.10. The molecule has 0 saturated carbocycles. The highest BCUT2D eigenvalue weighted by molar-refractivity contribution is 5.88. The third-order valence-electron chi connectivity index (χ3n) is 3.70. The fourth-order valence-corrected chi connectivity index (χ4v) is 2.53. The van der Waals surface area contributed by atoms with E-state index >= 15 is 0 Å². The van der Waals surface area contributed by atoms with Gasteiger partial charge < -0.3 is 15.2 Å². The van der Waals surface area contributed by atoms with Gasteiger partial charge in [-0.2, -0.15) is 0 Å². The average Bonchev–Trinajstić information content (AvgIpc) is 2.56. The van der Waals surface area contributed by atoms with Gasteiger partial charge in [-0.3, -0.25) is 4.98 Å². The van der Waals surface area contributed by atoms with Crippen LogP contribution in [-0.4, -0.2) is 19.2 Å². The molecule has 0 saturated heterocycles. The molecule has 0 bridgehead atoms. The largest absolute Gasteiger partial charge is 0.493 e. The molecule has 2 aromatic carbocycles. The number of hydrogen-bond donors (Lipinski definition) is 1. The van der Waals surface area contributed by atoms with Gasteiger partial charge in [-0.15, -0.1) is 0 Å². The Balaban J connectivity index is 2.07. The summed E-state index contributed by atoms with van der Waals surface area (Å²) in [5.74, 6) is 1.43. The molecule has 0 radical (unpaired) electrons. The Kier molecular flexibility index (Phi) is 3.83. The van der Waals surface area contributed by atoms with Gasteiger partial charge in [-0.1, -0.05) is 12.1 Å². The first-order chi connectivity index (χ1) is 10.7. The Hall–Kier alpha value is -2.75. The van der Waals surface area contributed by atoms with Gasteiger partial charge in [0, 0.05) is 23.7 Å². The molecule has 4 nitrogen and oxygen atoms in total. The van der Waals surface area contributed by atoms with Crippen molar-refractivity contribution in [3.05, 3.63) is 59.9 Å². The molecule has 0 spiro atoms. The van der Waals surface area contributed by atoms with Gasteiger partial charge in [0.15, 0.2) is 11.5 Å². The molecule has 2 N–H and O–H groups in total. The summed E-state index contributed by atoms with van der Waals surface area (Å²) < 4.78 is 10.8. The monoisotopic (exact) mass is 294 g/mol. The lowest BCUT2D eigenvalue weighted by atomic mass is 10.0. The molecular weight excluding hydrogens is 276 g/mol. The Morgan fingerprint density at radius 1 is 0.955 bits per heavy atom. The molecule has 0 fully saturated rings. The van der Waals surface area contributed by atoms with Gasteiger partial charge >= 0.3 is 0 Å². The molecule has 0 aliphatic heterocycles. The van der Waals surface area contributed by atoms with E-state index in [9.17, 15) is 0 Å². The molecular formula is C18H18N2O2. The summed E-state index contributed by atoms with van der Waals surface area (Å²) in [7, 11) is 3.28. The van der Waals surface area contributed by atoms with Crippen molar-refractivity contribution >= 4 is 16.5 Å². The highest BCUT2D eigenvalue weighted by atomic mass is 16.5. The van der Waals surface area contributed by atoms with Crippen LogP contribution in [0.15, 0.2) is 48.7 Å². The minimum atomic E-state index is 0.710. The maximum Gasteiger partial charge on any atom is 0.161 e. The van der Waals surface area contributed by atoms with Crippen LogP contribution in [0.4, 0.5) is 5.69 Å². The molecule has 3 aromatic rings. The highest BCUT2D eigenvalue weighted by Crippen LogP contribution is 2.33. The van der Waals surface area contributed by atoms with E-state index < -0.39 is 0 Å². The minimum Gasteiger partial charge on any atom is -0.493 e. The zero-order valence-electron chi connectivity index (χ0n) is 12.7. The summed E-state index contributed by atoms with van der Waals surface area (Å²) in [6.45, 7) is 0. The lowest BCUT2D eigenvalue weighted by Crippen LogP contribution is -1.96. The number of methoxy groups -OCH3 is 2. The van der Waals surface area contributed by atoms with Gasteiger partial charge in [0.2, 0.25) is 0 Å². The molecule has 0 aliphatic carbocycles. The quantitative estimate of drug-likeness (QED) is 0.749. The van der Waals surface area contributed by atoms with Crippen molar-refractivity contribution < 1.29 is 9.47 Å². The molecule has 3 rings (SSSR count). The van der Waals surface area contributed by atoms with Crippen LogP contribution in [0.5, 0.6) is 11.5 Å². The highest BCUT2D eigenvalue weighted by Gasteiger charge is 2.10. The van der Waals surface area contributed by atoms with E-state index in [1.807, 2.05) is 48.7 Å². The lowest BCUT2D eigenvalue weighted by Gasteiger charge is -2.11. The molecule has 0 unspecified atom stereocenters. The molecule has 0 atom stereocenters. The van der Waals surface area contributed by atoms with Gasteiger partial charge in [-0.05, 0) is 41.3 Å². The number of pyridine rings is 1. The van der Waals surface area contributed by atoms with Crippen molar-refractivity contribution in [1.29, 1.82) is 0 Å². The van der Waals surface area contributed by atoms with E-state index in [4.69, 9.17) is 15.2 Å². The lowest BCUT2D eigenvalue weighted by molar-refractivity contribution is 0.356. The number of benzene rings is 2. The number of rotatable bonds is 4. The van der Waals surface area contributed by atoms with Crippen LogP contribution in [0, 0.1) is 0 Å². The molecule has 1 aromatic heterocycles. The van der Waals surface area contributed by atoms with Gasteiger partial charge in [-0.25, -0.2) is 0 Å². The Morgan fingerprint density at radius 3 is 2.32 bits per heavy atom. The number of ether oxygens (including phenoxy) is 2.